The van der Waals surface area contributed by atoms with Gasteiger partial charge in [-0.15, -0.1) is 0 Å². The Kier molecular flexibility index (Phi) is 7.69. The van der Waals surface area contributed by atoms with Crippen LogP contribution in [0.1, 0.15) is 65.3 Å². The molecule has 7 aromatic rings. The summed E-state index contributed by atoms with van der Waals surface area (Å²) < 4.78 is 0. The van der Waals surface area contributed by atoms with Crippen molar-refractivity contribution in [3.8, 4) is 44.5 Å². The zero-order valence-electron chi connectivity index (χ0n) is 31.5. The van der Waals surface area contributed by atoms with Crippen molar-refractivity contribution >= 4 is 29.4 Å². The van der Waals surface area contributed by atoms with Crippen LogP contribution in [0, 0.1) is 0 Å². The summed E-state index contributed by atoms with van der Waals surface area (Å²) in [5.74, 6) is 0.909. The van der Waals surface area contributed by atoms with Crippen LogP contribution in [0.4, 0.5) is 0 Å². The van der Waals surface area contributed by atoms with Gasteiger partial charge in [-0.05, 0) is 103 Å². The fourth-order valence-electron chi connectivity index (χ4n) is 9.43. The molecule has 3 heteroatoms. The SMILES string of the molecule is CC1(C)c2cc(-c3ccc(-c4ccc(C5=NC(c6ccccc6)=C6Sc7ccccc7C6N5)cc4)cc3)ccc2-c2c(-c3ccccc3)cc3c(c21)CCC=C3. The Labute approximate surface area is 333 Å². The van der Waals surface area contributed by atoms with E-state index < -0.39 is 0 Å². The number of hydrogen-bond acceptors (Lipinski definition) is 3. The third kappa shape index (κ3) is 5.29. The molecule has 0 amide bonds. The molecule has 2 aliphatic heterocycles. The molecule has 1 atom stereocenters. The third-order valence-corrected chi connectivity index (χ3v) is 13.4. The van der Waals surface area contributed by atoms with E-state index in [-0.39, 0.29) is 11.5 Å². The number of allylic oxidation sites excluding steroid dienone is 1. The van der Waals surface area contributed by atoms with Crippen LogP contribution in [0.15, 0.2) is 179 Å². The van der Waals surface area contributed by atoms with Gasteiger partial charge in [0, 0.05) is 26.3 Å². The van der Waals surface area contributed by atoms with Crippen LogP contribution in [0.2, 0.25) is 0 Å². The first-order valence-electron chi connectivity index (χ1n) is 19.7. The molecule has 0 saturated carbocycles. The van der Waals surface area contributed by atoms with E-state index >= 15 is 0 Å². The monoisotopic (exact) mass is 736 g/mol. The summed E-state index contributed by atoms with van der Waals surface area (Å²) in [6.07, 6.45) is 6.88. The second-order valence-electron chi connectivity index (χ2n) is 15.8. The Morgan fingerprint density at radius 1 is 0.607 bits per heavy atom. The maximum Gasteiger partial charge on any atom is 0.134 e. The summed E-state index contributed by atoms with van der Waals surface area (Å²) in [6.45, 7) is 4.86. The fourth-order valence-corrected chi connectivity index (χ4v) is 10.7. The van der Waals surface area contributed by atoms with Crippen molar-refractivity contribution in [3.63, 3.8) is 0 Å². The van der Waals surface area contributed by atoms with Crippen LogP contribution in [0.25, 0.3) is 56.3 Å². The van der Waals surface area contributed by atoms with Gasteiger partial charge >= 0.3 is 0 Å². The first-order chi connectivity index (χ1) is 27.5. The average Bonchev–Trinajstić information content (AvgIpc) is 3.75. The van der Waals surface area contributed by atoms with Gasteiger partial charge in [-0.25, -0.2) is 4.99 Å². The Hall–Kier alpha value is -6.16. The molecule has 0 bridgehead atoms. The molecule has 1 unspecified atom stereocenters. The molecule has 11 rings (SSSR count). The van der Waals surface area contributed by atoms with E-state index in [1.54, 1.807) is 0 Å². The van der Waals surface area contributed by atoms with Crippen molar-refractivity contribution in [1.29, 1.82) is 0 Å². The molecule has 2 aliphatic carbocycles. The fraction of sp³-hybridized carbons (Fsp3) is 0.113. The van der Waals surface area contributed by atoms with Crippen LogP contribution in [0.5, 0.6) is 0 Å². The minimum absolute atomic E-state index is 0.0958. The molecular formula is C53H40N2S. The smallest absolute Gasteiger partial charge is 0.134 e. The molecule has 0 spiro atoms. The number of hydrogen-bond donors (Lipinski definition) is 1. The molecule has 0 fully saturated rings. The van der Waals surface area contributed by atoms with E-state index in [4.69, 9.17) is 4.99 Å². The number of benzene rings is 7. The van der Waals surface area contributed by atoms with Crippen molar-refractivity contribution in [1.82, 2.24) is 5.32 Å². The quantitative estimate of drug-likeness (QED) is 0.190. The van der Waals surface area contributed by atoms with Crippen LogP contribution >= 0.6 is 11.8 Å². The van der Waals surface area contributed by atoms with Gasteiger partial charge in [-0.2, -0.15) is 0 Å². The lowest BCUT2D eigenvalue weighted by Gasteiger charge is -2.28. The maximum absolute atomic E-state index is 5.25. The van der Waals surface area contributed by atoms with Gasteiger partial charge in [0.2, 0.25) is 0 Å². The van der Waals surface area contributed by atoms with Gasteiger partial charge in [-0.1, -0.05) is 177 Å². The number of thioether (sulfide) groups is 1. The van der Waals surface area contributed by atoms with Gasteiger partial charge in [0.1, 0.15) is 5.84 Å². The molecule has 2 heterocycles. The number of rotatable bonds is 5. The molecule has 4 aliphatic rings. The minimum atomic E-state index is -0.0981. The first kappa shape index (κ1) is 33.2. The molecule has 7 aromatic carbocycles. The van der Waals surface area contributed by atoms with Gasteiger partial charge in [0.25, 0.3) is 0 Å². The van der Waals surface area contributed by atoms with Crippen LogP contribution in [-0.2, 0) is 11.8 Å². The van der Waals surface area contributed by atoms with E-state index in [9.17, 15) is 0 Å². The molecule has 0 saturated heterocycles. The Morgan fingerprint density at radius 3 is 1.96 bits per heavy atom. The zero-order valence-corrected chi connectivity index (χ0v) is 32.3. The van der Waals surface area contributed by atoms with E-state index in [0.717, 1.165) is 35.5 Å². The number of nitrogens with zero attached hydrogens (tertiary/aromatic N) is 1. The predicted octanol–water partition coefficient (Wildman–Crippen LogP) is 13.5. The van der Waals surface area contributed by atoms with Gasteiger partial charge < -0.3 is 5.32 Å². The second kappa shape index (κ2) is 13.0. The van der Waals surface area contributed by atoms with Gasteiger partial charge in [0.05, 0.1) is 11.7 Å². The number of aliphatic imine (C=N–C) groups is 1. The van der Waals surface area contributed by atoms with E-state index in [0.29, 0.717) is 0 Å². The molecule has 2 nitrogen and oxygen atoms in total. The normalized spacial score (nSPS) is 17.0. The average molecular weight is 737 g/mol. The first-order valence-corrected chi connectivity index (χ1v) is 20.5. The molecule has 1 N–H and O–H groups in total. The van der Waals surface area contributed by atoms with Gasteiger partial charge in [-0.3, -0.25) is 0 Å². The molecular weight excluding hydrogens is 697 g/mol. The number of amidine groups is 1. The summed E-state index contributed by atoms with van der Waals surface area (Å²) in [5.41, 5.74) is 20.6. The van der Waals surface area contributed by atoms with E-state index in [1.165, 1.54) is 82.1 Å². The summed E-state index contributed by atoms with van der Waals surface area (Å²) in [7, 11) is 0. The Morgan fingerprint density at radius 2 is 1.23 bits per heavy atom. The van der Waals surface area contributed by atoms with Crippen molar-refractivity contribution in [2.75, 3.05) is 0 Å². The van der Waals surface area contributed by atoms with Crippen LogP contribution in [0.3, 0.4) is 0 Å². The highest BCUT2D eigenvalue weighted by Crippen LogP contribution is 2.56. The lowest BCUT2D eigenvalue weighted by atomic mass is 9.75. The van der Waals surface area contributed by atoms with Crippen LogP contribution < -0.4 is 5.32 Å². The molecule has 0 aromatic heterocycles. The zero-order chi connectivity index (χ0) is 37.4. The summed E-state index contributed by atoms with van der Waals surface area (Å²) in [4.78, 5) is 7.81. The van der Waals surface area contributed by atoms with Crippen molar-refractivity contribution in [2.24, 2.45) is 4.99 Å². The highest BCUT2D eigenvalue weighted by molar-refractivity contribution is 8.03. The number of nitrogens with one attached hydrogen (secondary N) is 1. The Balaban J connectivity index is 0.901. The third-order valence-electron chi connectivity index (χ3n) is 12.2. The molecule has 0 radical (unpaired) electrons. The van der Waals surface area contributed by atoms with E-state index in [2.05, 4.69) is 189 Å². The highest BCUT2D eigenvalue weighted by Gasteiger charge is 2.40. The topological polar surface area (TPSA) is 24.4 Å². The van der Waals surface area contributed by atoms with Gasteiger partial charge in [0.15, 0.2) is 0 Å². The number of fused-ring (bicyclic) bond motifs is 8. The minimum Gasteiger partial charge on any atom is -0.358 e. The lowest BCUT2D eigenvalue weighted by Crippen LogP contribution is -2.32. The summed E-state index contributed by atoms with van der Waals surface area (Å²) in [5, 5.41) is 3.80. The lowest BCUT2D eigenvalue weighted by molar-refractivity contribution is 0.649. The molecule has 56 heavy (non-hydrogen) atoms. The summed E-state index contributed by atoms with van der Waals surface area (Å²) in [6, 6.07) is 57.9. The standard InChI is InChI=1S/C53H40N2S/c1-53(2)45-32-39(29-30-42(45)47-44(36-13-5-3-6-14-36)31-40-17-9-10-18-41(40)48(47)53)35-23-21-33(22-24-35)34-25-27-38(28-26-34)52-54-49(37-15-7-4-8-16-37)51-50(55-52)43-19-11-12-20-46(43)56-51/h3-9,11-17,19-32,50H,10,18H2,1-2H3,(H,54,55). The van der Waals surface area contributed by atoms with Crippen LogP contribution in [-0.4, -0.2) is 5.84 Å². The maximum atomic E-state index is 5.25. The van der Waals surface area contributed by atoms with Crippen molar-refractivity contribution in [3.05, 3.63) is 208 Å². The van der Waals surface area contributed by atoms with Crippen molar-refractivity contribution < 1.29 is 0 Å². The second-order valence-corrected chi connectivity index (χ2v) is 16.9. The molecule has 268 valence electrons. The summed E-state index contributed by atoms with van der Waals surface area (Å²) >= 11 is 1.83. The largest absolute Gasteiger partial charge is 0.358 e. The highest BCUT2D eigenvalue weighted by atomic mass is 32.2. The van der Waals surface area contributed by atoms with E-state index in [1.807, 2.05) is 11.8 Å². The predicted molar refractivity (Wildman–Crippen MR) is 236 cm³/mol. The van der Waals surface area contributed by atoms with Crippen molar-refractivity contribution in [2.45, 2.75) is 43.0 Å². The Bertz CT molecular complexity index is 2790.